The average molecular weight is 238 g/mol. The summed E-state index contributed by atoms with van der Waals surface area (Å²) in [5.41, 5.74) is 6.89. The van der Waals surface area contributed by atoms with Crippen LogP contribution in [0.15, 0.2) is 18.2 Å². The first-order chi connectivity index (χ1) is 7.18. The molecule has 3 rings (SSSR count). The van der Waals surface area contributed by atoms with E-state index in [0.29, 0.717) is 5.82 Å². The van der Waals surface area contributed by atoms with Gasteiger partial charge in [0.1, 0.15) is 0 Å². The van der Waals surface area contributed by atoms with E-state index in [1.54, 1.807) is 16.0 Å². The highest BCUT2D eigenvalue weighted by Crippen LogP contribution is 2.39. The van der Waals surface area contributed by atoms with Crippen LogP contribution in [-0.2, 0) is 7.05 Å². The molecule has 5 heteroatoms. The van der Waals surface area contributed by atoms with E-state index >= 15 is 0 Å². The Balaban J connectivity index is 2.65. The number of anilines is 1. The van der Waals surface area contributed by atoms with Crippen molar-refractivity contribution in [2.45, 2.75) is 0 Å². The molecule has 0 unspecified atom stereocenters. The van der Waals surface area contributed by atoms with Crippen LogP contribution in [0.1, 0.15) is 0 Å². The van der Waals surface area contributed by atoms with Gasteiger partial charge in [0.25, 0.3) is 0 Å². The number of aromatic nitrogens is 2. The fourth-order valence-electron chi connectivity index (χ4n) is 1.82. The standard InChI is InChI=1S/C10H8ClN3S/c1-14-7-5-3-2-4-6(11)8(5)15-9(7)10(12)13-14/h2-4H,1H3,(H2,12,13). The largest absolute Gasteiger partial charge is 0.381 e. The molecule has 0 aliphatic rings. The summed E-state index contributed by atoms with van der Waals surface area (Å²) in [6.45, 7) is 0. The highest BCUT2D eigenvalue weighted by Gasteiger charge is 2.14. The minimum absolute atomic E-state index is 0.574. The van der Waals surface area contributed by atoms with Crippen molar-refractivity contribution in [2.75, 3.05) is 5.73 Å². The molecule has 0 atom stereocenters. The van der Waals surface area contributed by atoms with Gasteiger partial charge in [0.15, 0.2) is 5.82 Å². The molecule has 0 amide bonds. The third-order valence-corrected chi connectivity index (χ3v) is 4.13. The van der Waals surface area contributed by atoms with Gasteiger partial charge in [0.2, 0.25) is 0 Å². The highest BCUT2D eigenvalue weighted by molar-refractivity contribution is 7.26. The summed E-state index contributed by atoms with van der Waals surface area (Å²) in [6.07, 6.45) is 0. The Kier molecular flexibility index (Phi) is 1.72. The molecule has 1 aromatic carbocycles. The SMILES string of the molecule is Cn1nc(N)c2sc3c(Cl)cccc3c21. The number of hydrogen-bond acceptors (Lipinski definition) is 3. The summed E-state index contributed by atoms with van der Waals surface area (Å²) in [6, 6.07) is 5.88. The average Bonchev–Trinajstić information content (AvgIpc) is 2.68. The normalized spacial score (nSPS) is 11.6. The zero-order chi connectivity index (χ0) is 10.6. The van der Waals surface area contributed by atoms with Crippen LogP contribution < -0.4 is 5.73 Å². The van der Waals surface area contributed by atoms with Crippen LogP contribution in [0.2, 0.25) is 5.02 Å². The van der Waals surface area contributed by atoms with Crippen LogP contribution in [0.5, 0.6) is 0 Å². The molecular weight excluding hydrogens is 230 g/mol. The third-order valence-electron chi connectivity index (χ3n) is 2.46. The summed E-state index contributed by atoms with van der Waals surface area (Å²) in [5, 5.41) is 6.08. The molecule has 0 spiro atoms. The molecule has 3 nitrogen and oxygen atoms in total. The number of fused-ring (bicyclic) bond motifs is 3. The van der Waals surface area contributed by atoms with E-state index in [9.17, 15) is 0 Å². The van der Waals surface area contributed by atoms with E-state index in [1.165, 1.54) is 0 Å². The van der Waals surface area contributed by atoms with Crippen LogP contribution in [0, 0.1) is 0 Å². The lowest BCUT2D eigenvalue weighted by molar-refractivity contribution is 0.804. The maximum absolute atomic E-state index is 6.13. The Morgan fingerprint density at radius 2 is 2.20 bits per heavy atom. The summed E-state index contributed by atoms with van der Waals surface area (Å²) in [4.78, 5) is 0. The highest BCUT2D eigenvalue weighted by atomic mass is 35.5. The smallest absolute Gasteiger partial charge is 0.163 e. The lowest BCUT2D eigenvalue weighted by Gasteiger charge is -1.94. The minimum Gasteiger partial charge on any atom is -0.381 e. The Morgan fingerprint density at radius 1 is 1.40 bits per heavy atom. The molecule has 0 bridgehead atoms. The van der Waals surface area contributed by atoms with Crippen LogP contribution in [0.4, 0.5) is 5.82 Å². The number of halogens is 1. The van der Waals surface area contributed by atoms with Gasteiger partial charge in [0, 0.05) is 12.4 Å². The molecule has 0 aliphatic carbocycles. The molecular formula is C10H8ClN3S. The van der Waals surface area contributed by atoms with Crippen molar-refractivity contribution in [1.29, 1.82) is 0 Å². The summed E-state index contributed by atoms with van der Waals surface area (Å²) in [7, 11) is 1.89. The third kappa shape index (κ3) is 1.09. The molecule has 2 heterocycles. The van der Waals surface area contributed by atoms with E-state index in [2.05, 4.69) is 5.10 Å². The zero-order valence-corrected chi connectivity index (χ0v) is 9.56. The Bertz CT molecular complexity index is 668. The van der Waals surface area contributed by atoms with E-state index in [1.807, 2.05) is 25.2 Å². The summed E-state index contributed by atoms with van der Waals surface area (Å²) < 4.78 is 3.90. The van der Waals surface area contributed by atoms with Gasteiger partial charge < -0.3 is 5.73 Å². The van der Waals surface area contributed by atoms with Crippen molar-refractivity contribution >= 4 is 49.1 Å². The second-order valence-electron chi connectivity index (χ2n) is 3.41. The number of nitrogens with two attached hydrogens (primary N) is 1. The van der Waals surface area contributed by atoms with Gasteiger partial charge >= 0.3 is 0 Å². The number of hydrogen-bond donors (Lipinski definition) is 1. The second kappa shape index (κ2) is 2.87. The molecule has 0 fully saturated rings. The van der Waals surface area contributed by atoms with Crippen molar-refractivity contribution in [2.24, 2.45) is 7.05 Å². The predicted octanol–water partition coefficient (Wildman–Crippen LogP) is 3.02. The van der Waals surface area contributed by atoms with E-state index in [-0.39, 0.29) is 0 Å². The number of nitrogens with zero attached hydrogens (tertiary/aromatic N) is 2. The second-order valence-corrected chi connectivity index (χ2v) is 4.83. The fourth-order valence-corrected chi connectivity index (χ4v) is 3.24. The maximum Gasteiger partial charge on any atom is 0.163 e. The van der Waals surface area contributed by atoms with Crippen LogP contribution in [0.3, 0.4) is 0 Å². The van der Waals surface area contributed by atoms with Gasteiger partial charge in [-0.1, -0.05) is 23.7 Å². The van der Waals surface area contributed by atoms with Crippen LogP contribution >= 0.6 is 22.9 Å². The molecule has 76 valence electrons. The number of benzene rings is 1. The zero-order valence-electron chi connectivity index (χ0n) is 7.99. The first-order valence-corrected chi connectivity index (χ1v) is 5.67. The predicted molar refractivity (Wildman–Crippen MR) is 65.5 cm³/mol. The Labute approximate surface area is 95.1 Å². The van der Waals surface area contributed by atoms with Gasteiger partial charge in [-0.15, -0.1) is 11.3 Å². The molecule has 2 N–H and O–H groups in total. The molecule has 15 heavy (non-hydrogen) atoms. The van der Waals surface area contributed by atoms with Gasteiger partial charge in [-0.2, -0.15) is 5.10 Å². The first kappa shape index (κ1) is 9.00. The van der Waals surface area contributed by atoms with Crippen molar-refractivity contribution in [3.8, 4) is 0 Å². The van der Waals surface area contributed by atoms with E-state index in [4.69, 9.17) is 17.3 Å². The van der Waals surface area contributed by atoms with Gasteiger partial charge in [-0.05, 0) is 6.07 Å². The number of thiophene rings is 1. The molecule has 0 saturated heterocycles. The van der Waals surface area contributed by atoms with Gasteiger partial charge in [-0.3, -0.25) is 4.68 Å². The lowest BCUT2D eigenvalue weighted by atomic mass is 10.2. The van der Waals surface area contributed by atoms with E-state index in [0.717, 1.165) is 25.3 Å². The molecule has 0 radical (unpaired) electrons. The van der Waals surface area contributed by atoms with Crippen molar-refractivity contribution in [1.82, 2.24) is 9.78 Å². The number of aryl methyl sites for hydroxylation is 1. The topological polar surface area (TPSA) is 43.8 Å². The quantitative estimate of drug-likeness (QED) is 0.653. The number of nitrogen functional groups attached to an aromatic ring is 1. The Morgan fingerprint density at radius 3 is 3.00 bits per heavy atom. The van der Waals surface area contributed by atoms with Crippen LogP contribution in [0.25, 0.3) is 20.3 Å². The molecule has 0 aliphatic heterocycles. The molecule has 2 aromatic heterocycles. The van der Waals surface area contributed by atoms with Gasteiger partial charge in [0.05, 0.1) is 19.9 Å². The van der Waals surface area contributed by atoms with Crippen molar-refractivity contribution < 1.29 is 0 Å². The van der Waals surface area contributed by atoms with Gasteiger partial charge in [-0.25, -0.2) is 0 Å². The lowest BCUT2D eigenvalue weighted by Crippen LogP contribution is -1.91. The summed E-state index contributed by atoms with van der Waals surface area (Å²) >= 11 is 7.73. The number of rotatable bonds is 0. The minimum atomic E-state index is 0.574. The van der Waals surface area contributed by atoms with Crippen molar-refractivity contribution in [3.63, 3.8) is 0 Å². The van der Waals surface area contributed by atoms with Crippen LogP contribution in [-0.4, -0.2) is 9.78 Å². The summed E-state index contributed by atoms with van der Waals surface area (Å²) in [5.74, 6) is 0.574. The fraction of sp³-hybridized carbons (Fsp3) is 0.100. The monoisotopic (exact) mass is 237 g/mol. The van der Waals surface area contributed by atoms with E-state index < -0.39 is 0 Å². The molecule has 0 saturated carbocycles. The first-order valence-electron chi connectivity index (χ1n) is 4.47. The maximum atomic E-state index is 6.13. The van der Waals surface area contributed by atoms with Crippen molar-refractivity contribution in [3.05, 3.63) is 23.2 Å². The molecule has 3 aromatic rings. The Hall–Kier alpha value is -1.26.